The van der Waals surface area contributed by atoms with Gasteiger partial charge in [0, 0.05) is 24.5 Å². The van der Waals surface area contributed by atoms with Crippen molar-refractivity contribution in [3.8, 4) is 0 Å². The van der Waals surface area contributed by atoms with E-state index in [0.29, 0.717) is 12.8 Å². The molecule has 2 aromatic rings. The number of benzene rings is 1. The SMILES string of the molecule is O=C(CCCc1ccncc1)Nc1ccc(Cl)c(C(F)(F)F)c1. The molecule has 1 heterocycles. The Morgan fingerprint density at radius 1 is 1.17 bits per heavy atom. The third kappa shape index (κ3) is 5.25. The molecule has 0 aliphatic heterocycles. The van der Waals surface area contributed by atoms with Crippen molar-refractivity contribution < 1.29 is 18.0 Å². The zero-order valence-corrected chi connectivity index (χ0v) is 12.8. The number of carbonyl (C=O) groups excluding carboxylic acids is 1. The lowest BCUT2D eigenvalue weighted by atomic mass is 10.1. The van der Waals surface area contributed by atoms with E-state index in [1.54, 1.807) is 12.4 Å². The van der Waals surface area contributed by atoms with Crippen LogP contribution in [0.3, 0.4) is 0 Å². The predicted molar refractivity (Wildman–Crippen MR) is 82.3 cm³/mol. The Hall–Kier alpha value is -2.08. The molecule has 0 fully saturated rings. The Bertz CT molecular complexity index is 675. The number of halogens is 4. The molecule has 122 valence electrons. The van der Waals surface area contributed by atoms with Crippen LogP contribution < -0.4 is 5.32 Å². The summed E-state index contributed by atoms with van der Waals surface area (Å²) >= 11 is 5.53. The third-order valence-corrected chi connectivity index (χ3v) is 3.50. The number of anilines is 1. The van der Waals surface area contributed by atoms with Crippen molar-refractivity contribution in [3.05, 3.63) is 58.9 Å². The number of rotatable bonds is 5. The summed E-state index contributed by atoms with van der Waals surface area (Å²) in [6.45, 7) is 0. The third-order valence-electron chi connectivity index (χ3n) is 3.17. The van der Waals surface area contributed by atoms with E-state index in [9.17, 15) is 18.0 Å². The Morgan fingerprint density at radius 3 is 2.52 bits per heavy atom. The minimum Gasteiger partial charge on any atom is -0.326 e. The van der Waals surface area contributed by atoms with Crippen LogP contribution >= 0.6 is 11.6 Å². The fourth-order valence-corrected chi connectivity index (χ4v) is 2.27. The van der Waals surface area contributed by atoms with Gasteiger partial charge >= 0.3 is 6.18 Å². The average molecular weight is 343 g/mol. The van der Waals surface area contributed by atoms with Crippen LogP contribution in [0.2, 0.25) is 5.02 Å². The standard InChI is InChI=1S/C16H14ClF3N2O/c17-14-5-4-12(10-13(14)16(18,19)20)22-15(23)3-1-2-11-6-8-21-9-7-11/h4-10H,1-3H2,(H,22,23). The Balaban J connectivity index is 1.90. The number of hydrogen-bond acceptors (Lipinski definition) is 2. The van der Waals surface area contributed by atoms with Crippen LogP contribution in [0.1, 0.15) is 24.0 Å². The molecule has 0 unspecified atom stereocenters. The van der Waals surface area contributed by atoms with Crippen LogP contribution in [0.4, 0.5) is 18.9 Å². The summed E-state index contributed by atoms with van der Waals surface area (Å²) in [6.07, 6.45) is 0.287. The Labute approximate surface area is 136 Å². The highest BCUT2D eigenvalue weighted by Crippen LogP contribution is 2.36. The van der Waals surface area contributed by atoms with E-state index in [2.05, 4.69) is 10.3 Å². The molecule has 0 bridgehead atoms. The Morgan fingerprint density at radius 2 is 1.87 bits per heavy atom. The molecule has 2 rings (SSSR count). The van der Waals surface area contributed by atoms with Crippen molar-refractivity contribution in [3.63, 3.8) is 0 Å². The number of hydrogen-bond donors (Lipinski definition) is 1. The van der Waals surface area contributed by atoms with Crippen molar-refractivity contribution in [2.24, 2.45) is 0 Å². The fraction of sp³-hybridized carbons (Fsp3) is 0.250. The van der Waals surface area contributed by atoms with E-state index in [0.717, 1.165) is 17.7 Å². The van der Waals surface area contributed by atoms with Gasteiger partial charge in [0.1, 0.15) is 0 Å². The number of pyridine rings is 1. The second kappa shape index (κ2) is 7.46. The highest BCUT2D eigenvalue weighted by atomic mass is 35.5. The summed E-state index contributed by atoms with van der Waals surface area (Å²) in [5.74, 6) is -0.338. The highest BCUT2D eigenvalue weighted by molar-refractivity contribution is 6.31. The van der Waals surface area contributed by atoms with Gasteiger partial charge in [0.05, 0.1) is 10.6 Å². The van der Waals surface area contributed by atoms with Gasteiger partial charge in [0.15, 0.2) is 0 Å². The van der Waals surface area contributed by atoms with Gasteiger partial charge in [-0.15, -0.1) is 0 Å². The minimum atomic E-state index is -4.56. The van der Waals surface area contributed by atoms with E-state index in [-0.39, 0.29) is 18.0 Å². The van der Waals surface area contributed by atoms with E-state index in [1.165, 1.54) is 6.07 Å². The molecule has 1 N–H and O–H groups in total. The first kappa shape index (κ1) is 17.3. The summed E-state index contributed by atoms with van der Waals surface area (Å²) in [5.41, 5.74) is 0.169. The van der Waals surface area contributed by atoms with E-state index < -0.39 is 16.8 Å². The van der Waals surface area contributed by atoms with E-state index in [4.69, 9.17) is 11.6 Å². The lowest BCUT2D eigenvalue weighted by molar-refractivity contribution is -0.137. The first-order valence-corrected chi connectivity index (χ1v) is 7.29. The maximum Gasteiger partial charge on any atom is 0.417 e. The van der Waals surface area contributed by atoms with Gasteiger partial charge in [0.25, 0.3) is 0 Å². The largest absolute Gasteiger partial charge is 0.417 e. The summed E-state index contributed by atoms with van der Waals surface area (Å²) in [5, 5.41) is 2.06. The molecule has 23 heavy (non-hydrogen) atoms. The molecule has 0 saturated carbocycles. The van der Waals surface area contributed by atoms with Crippen LogP contribution in [0.25, 0.3) is 0 Å². The summed E-state index contributed by atoms with van der Waals surface area (Å²) in [4.78, 5) is 15.7. The van der Waals surface area contributed by atoms with Crippen LogP contribution in [0.5, 0.6) is 0 Å². The predicted octanol–water partition coefficient (Wildman–Crippen LogP) is 4.72. The fourth-order valence-electron chi connectivity index (χ4n) is 2.05. The van der Waals surface area contributed by atoms with Crippen molar-refractivity contribution in [1.29, 1.82) is 0 Å². The van der Waals surface area contributed by atoms with Gasteiger partial charge in [-0.2, -0.15) is 13.2 Å². The zero-order chi connectivity index (χ0) is 16.9. The molecule has 7 heteroatoms. The van der Waals surface area contributed by atoms with Crippen LogP contribution in [0.15, 0.2) is 42.7 Å². The minimum absolute atomic E-state index is 0.0793. The molecule has 1 aromatic heterocycles. The van der Waals surface area contributed by atoms with Gasteiger partial charge in [-0.3, -0.25) is 9.78 Å². The number of nitrogens with zero attached hydrogens (tertiary/aromatic N) is 1. The Kier molecular flexibility index (Phi) is 5.60. The van der Waals surface area contributed by atoms with Gasteiger partial charge < -0.3 is 5.32 Å². The average Bonchev–Trinajstić information content (AvgIpc) is 2.49. The topological polar surface area (TPSA) is 42.0 Å². The van der Waals surface area contributed by atoms with Gasteiger partial charge in [-0.05, 0) is 48.7 Å². The monoisotopic (exact) mass is 342 g/mol. The second-order valence-corrected chi connectivity index (χ2v) is 5.36. The quantitative estimate of drug-likeness (QED) is 0.854. The maximum atomic E-state index is 12.8. The number of aryl methyl sites for hydroxylation is 1. The van der Waals surface area contributed by atoms with Crippen LogP contribution in [-0.4, -0.2) is 10.9 Å². The number of carbonyl (C=O) groups is 1. The molecule has 0 atom stereocenters. The molecular formula is C16H14ClF3N2O. The van der Waals surface area contributed by atoms with Crippen molar-refractivity contribution in [2.45, 2.75) is 25.4 Å². The summed E-state index contributed by atoms with van der Waals surface area (Å²) < 4.78 is 38.3. The molecule has 0 aliphatic rings. The highest BCUT2D eigenvalue weighted by Gasteiger charge is 2.33. The van der Waals surface area contributed by atoms with Crippen molar-refractivity contribution in [1.82, 2.24) is 4.98 Å². The van der Waals surface area contributed by atoms with Crippen LogP contribution in [0, 0.1) is 0 Å². The molecule has 0 aliphatic carbocycles. The molecule has 1 amide bonds. The number of nitrogens with one attached hydrogen (secondary N) is 1. The second-order valence-electron chi connectivity index (χ2n) is 4.95. The molecule has 0 radical (unpaired) electrons. The van der Waals surface area contributed by atoms with E-state index in [1.807, 2.05) is 12.1 Å². The van der Waals surface area contributed by atoms with Crippen LogP contribution in [-0.2, 0) is 17.4 Å². The smallest absolute Gasteiger partial charge is 0.326 e. The molecule has 0 spiro atoms. The first-order valence-electron chi connectivity index (χ1n) is 6.92. The van der Waals surface area contributed by atoms with Gasteiger partial charge in [-0.25, -0.2) is 0 Å². The maximum absolute atomic E-state index is 12.8. The lowest BCUT2D eigenvalue weighted by Crippen LogP contribution is -2.13. The summed E-state index contributed by atoms with van der Waals surface area (Å²) in [6, 6.07) is 7.01. The summed E-state index contributed by atoms with van der Waals surface area (Å²) in [7, 11) is 0. The lowest BCUT2D eigenvalue weighted by Gasteiger charge is -2.11. The molecular weight excluding hydrogens is 329 g/mol. The molecule has 0 saturated heterocycles. The van der Waals surface area contributed by atoms with Gasteiger partial charge in [0.2, 0.25) is 5.91 Å². The van der Waals surface area contributed by atoms with Crippen molar-refractivity contribution >= 4 is 23.2 Å². The number of aromatic nitrogens is 1. The normalized spacial score (nSPS) is 11.3. The number of alkyl halides is 3. The number of amides is 1. The van der Waals surface area contributed by atoms with Gasteiger partial charge in [-0.1, -0.05) is 11.6 Å². The molecule has 1 aromatic carbocycles. The van der Waals surface area contributed by atoms with E-state index >= 15 is 0 Å². The first-order chi connectivity index (χ1) is 10.9. The van der Waals surface area contributed by atoms with Crippen molar-refractivity contribution in [2.75, 3.05) is 5.32 Å². The zero-order valence-electron chi connectivity index (χ0n) is 12.0. The molecule has 3 nitrogen and oxygen atoms in total.